The van der Waals surface area contributed by atoms with Crippen LogP contribution in [0.2, 0.25) is 0 Å². The maximum absolute atomic E-state index is 14.3. The minimum absolute atomic E-state index is 0.0410. The summed E-state index contributed by atoms with van der Waals surface area (Å²) in [6.07, 6.45) is 0.605. The fraction of sp³-hybridized carbons (Fsp3) is 0.571. The second-order valence-corrected chi connectivity index (χ2v) is 8.68. The number of rotatable bonds is 8. The number of aromatic nitrogens is 1. The van der Waals surface area contributed by atoms with E-state index in [0.717, 1.165) is 10.4 Å². The van der Waals surface area contributed by atoms with Crippen molar-refractivity contribution in [3.63, 3.8) is 0 Å². The Balaban J connectivity index is 1.86. The predicted octanol–water partition coefficient (Wildman–Crippen LogP) is 5.33. The van der Waals surface area contributed by atoms with E-state index in [9.17, 15) is 13.2 Å². The van der Waals surface area contributed by atoms with Crippen molar-refractivity contribution >= 4 is 11.3 Å². The van der Waals surface area contributed by atoms with E-state index in [-0.39, 0.29) is 6.61 Å². The number of alkyl halides is 3. The monoisotopic (exact) mass is 412 g/mol. The molecule has 7 heteroatoms. The second-order valence-electron chi connectivity index (χ2n) is 7.65. The summed E-state index contributed by atoms with van der Waals surface area (Å²) in [7, 11) is 0. The van der Waals surface area contributed by atoms with Gasteiger partial charge in [0.05, 0.1) is 0 Å². The van der Waals surface area contributed by atoms with Crippen molar-refractivity contribution in [2.75, 3.05) is 19.7 Å². The predicted molar refractivity (Wildman–Crippen MR) is 105 cm³/mol. The third kappa shape index (κ3) is 4.26. The lowest BCUT2D eigenvalue weighted by molar-refractivity contribution is -0.310. The Kier molecular flexibility index (Phi) is 6.47. The highest BCUT2D eigenvalue weighted by Gasteiger charge is 2.65. The van der Waals surface area contributed by atoms with Crippen LogP contribution < -0.4 is 0 Å². The van der Waals surface area contributed by atoms with Crippen LogP contribution in [-0.2, 0) is 17.7 Å². The quantitative estimate of drug-likeness (QED) is 0.586. The Morgan fingerprint density at radius 2 is 2.11 bits per heavy atom. The zero-order chi connectivity index (χ0) is 20.3. The molecule has 3 rings (SSSR count). The van der Waals surface area contributed by atoms with Crippen LogP contribution in [0.1, 0.15) is 37.1 Å². The number of hydrogen-bond donors (Lipinski definition) is 0. The highest BCUT2D eigenvalue weighted by molar-refractivity contribution is 7.09. The Labute approximate surface area is 168 Å². The summed E-state index contributed by atoms with van der Waals surface area (Å²) in [4.78, 5) is 7.34. The van der Waals surface area contributed by atoms with Crippen LogP contribution >= 0.6 is 11.3 Å². The number of ether oxygens (including phenoxy) is 1. The van der Waals surface area contributed by atoms with Crippen molar-refractivity contribution in [3.05, 3.63) is 52.5 Å². The van der Waals surface area contributed by atoms with E-state index in [0.29, 0.717) is 38.9 Å². The molecule has 3 heterocycles. The van der Waals surface area contributed by atoms with Gasteiger partial charge in [-0.3, -0.25) is 9.88 Å². The van der Waals surface area contributed by atoms with Crippen molar-refractivity contribution in [2.24, 2.45) is 5.41 Å². The minimum Gasteiger partial charge on any atom is -0.365 e. The van der Waals surface area contributed by atoms with E-state index in [1.165, 1.54) is 6.92 Å². The van der Waals surface area contributed by atoms with Crippen LogP contribution in [0, 0.1) is 5.41 Å². The fourth-order valence-corrected chi connectivity index (χ4v) is 5.03. The van der Waals surface area contributed by atoms with Gasteiger partial charge >= 0.3 is 6.18 Å². The van der Waals surface area contributed by atoms with Crippen molar-refractivity contribution < 1.29 is 17.9 Å². The summed E-state index contributed by atoms with van der Waals surface area (Å²) in [5, 5.41) is 1.97. The molecule has 0 amide bonds. The zero-order valence-corrected chi connectivity index (χ0v) is 17.2. The topological polar surface area (TPSA) is 25.4 Å². The van der Waals surface area contributed by atoms with Gasteiger partial charge in [0.2, 0.25) is 0 Å². The van der Waals surface area contributed by atoms with Gasteiger partial charge in [-0.25, -0.2) is 0 Å². The number of aryl methyl sites for hydroxylation is 1. The maximum Gasteiger partial charge on any atom is 0.417 e. The van der Waals surface area contributed by atoms with E-state index in [1.807, 2.05) is 29.6 Å². The van der Waals surface area contributed by atoms with Crippen LogP contribution in [0.5, 0.6) is 0 Å². The van der Waals surface area contributed by atoms with Gasteiger partial charge in [-0.2, -0.15) is 13.2 Å². The molecule has 1 saturated heterocycles. The van der Waals surface area contributed by atoms with Gasteiger partial charge in [0, 0.05) is 42.4 Å². The third-order valence-electron chi connectivity index (χ3n) is 5.98. The lowest BCUT2D eigenvalue weighted by Gasteiger charge is -2.47. The van der Waals surface area contributed by atoms with Gasteiger partial charge in [0.15, 0.2) is 5.60 Å². The molecular weight excluding hydrogens is 385 g/mol. The Hall–Kier alpha value is -1.44. The molecule has 154 valence electrons. The number of hydrogen-bond acceptors (Lipinski definition) is 4. The molecule has 28 heavy (non-hydrogen) atoms. The number of pyridine rings is 1. The molecule has 1 aliphatic heterocycles. The van der Waals surface area contributed by atoms with Crippen molar-refractivity contribution in [2.45, 2.75) is 51.4 Å². The normalized spacial score (nSPS) is 23.0. The molecule has 1 fully saturated rings. The van der Waals surface area contributed by atoms with E-state index in [1.54, 1.807) is 30.7 Å². The summed E-state index contributed by atoms with van der Waals surface area (Å²) in [5.74, 6) is 0. The summed E-state index contributed by atoms with van der Waals surface area (Å²) < 4.78 is 48.3. The molecule has 0 aliphatic carbocycles. The molecular formula is C21H27F3N2OS. The van der Waals surface area contributed by atoms with Crippen LogP contribution in [0.25, 0.3) is 0 Å². The molecule has 0 spiro atoms. The van der Waals surface area contributed by atoms with E-state index in [4.69, 9.17) is 4.74 Å². The number of halogens is 3. The first-order chi connectivity index (χ1) is 13.3. The number of thiophene rings is 1. The molecule has 2 atom stereocenters. The van der Waals surface area contributed by atoms with Gasteiger partial charge in [0.1, 0.15) is 0 Å². The standard InChI is InChI=1S/C21H27F3N2OS/c1-3-27-19(2,21(22,23)24)20(9-8-18-7-5-13-28-18)10-12-26(16-20)15-17-6-4-11-25-14-17/h4-7,11,13-14H,3,8-10,12,15-16H2,1-2H3. The third-order valence-corrected chi connectivity index (χ3v) is 6.91. The lowest BCUT2D eigenvalue weighted by Crippen LogP contribution is -2.59. The molecule has 0 aromatic carbocycles. The van der Waals surface area contributed by atoms with E-state index < -0.39 is 17.2 Å². The first kappa shape index (κ1) is 21.3. The maximum atomic E-state index is 14.3. The van der Waals surface area contributed by atoms with Crippen molar-refractivity contribution in [3.8, 4) is 0 Å². The van der Waals surface area contributed by atoms with Gasteiger partial charge in [0.25, 0.3) is 0 Å². The van der Waals surface area contributed by atoms with E-state index >= 15 is 0 Å². The summed E-state index contributed by atoms with van der Waals surface area (Å²) in [5.41, 5.74) is -2.13. The molecule has 2 unspecified atom stereocenters. The zero-order valence-electron chi connectivity index (χ0n) is 16.3. The Bertz CT molecular complexity index is 738. The molecule has 1 aliphatic rings. The van der Waals surface area contributed by atoms with E-state index in [2.05, 4.69) is 9.88 Å². The van der Waals surface area contributed by atoms with Crippen molar-refractivity contribution in [1.82, 2.24) is 9.88 Å². The van der Waals surface area contributed by atoms with Crippen LogP contribution in [0.4, 0.5) is 13.2 Å². The number of likely N-dealkylation sites (tertiary alicyclic amines) is 1. The van der Waals surface area contributed by atoms with Crippen LogP contribution in [0.15, 0.2) is 42.0 Å². The molecule has 2 aromatic heterocycles. The highest BCUT2D eigenvalue weighted by Crippen LogP contribution is 2.54. The molecule has 0 radical (unpaired) electrons. The number of nitrogens with zero attached hydrogens (tertiary/aromatic N) is 2. The lowest BCUT2D eigenvalue weighted by atomic mass is 9.68. The molecule has 0 bridgehead atoms. The summed E-state index contributed by atoms with van der Waals surface area (Å²) in [6, 6.07) is 7.76. The first-order valence-electron chi connectivity index (χ1n) is 9.64. The Morgan fingerprint density at radius 1 is 1.29 bits per heavy atom. The van der Waals surface area contributed by atoms with Gasteiger partial charge in [-0.1, -0.05) is 12.1 Å². The SMILES string of the molecule is CCOC(C)(C(F)(F)F)C1(CCc2cccs2)CCN(Cc2cccnc2)C1. The molecule has 2 aromatic rings. The molecule has 0 N–H and O–H groups in total. The van der Waals surface area contributed by atoms with Crippen LogP contribution in [-0.4, -0.2) is 41.4 Å². The fourth-order valence-electron chi connectivity index (χ4n) is 4.32. The second kappa shape index (κ2) is 8.51. The first-order valence-corrected chi connectivity index (χ1v) is 10.5. The van der Waals surface area contributed by atoms with Crippen molar-refractivity contribution in [1.29, 1.82) is 0 Å². The highest BCUT2D eigenvalue weighted by atomic mass is 32.1. The average Bonchev–Trinajstić information content (AvgIpc) is 3.31. The van der Waals surface area contributed by atoms with Gasteiger partial charge < -0.3 is 4.74 Å². The minimum atomic E-state index is -4.43. The average molecular weight is 413 g/mol. The van der Waals surface area contributed by atoms with Gasteiger partial charge in [-0.15, -0.1) is 11.3 Å². The van der Waals surface area contributed by atoms with Crippen LogP contribution in [0.3, 0.4) is 0 Å². The summed E-state index contributed by atoms with van der Waals surface area (Å²) in [6.45, 7) is 4.52. The molecule has 3 nitrogen and oxygen atoms in total. The van der Waals surface area contributed by atoms with Gasteiger partial charge in [-0.05, 0) is 62.7 Å². The summed E-state index contributed by atoms with van der Waals surface area (Å²) >= 11 is 1.60. The smallest absolute Gasteiger partial charge is 0.365 e. The molecule has 0 saturated carbocycles. The largest absolute Gasteiger partial charge is 0.417 e. The Morgan fingerprint density at radius 3 is 2.71 bits per heavy atom.